The van der Waals surface area contributed by atoms with Crippen molar-refractivity contribution in [2.75, 3.05) is 12.3 Å². The van der Waals surface area contributed by atoms with Crippen molar-refractivity contribution >= 4 is 19.5 Å². The Balaban J connectivity index is 1.78. The van der Waals surface area contributed by atoms with Crippen LogP contribution in [0, 0.1) is 17.2 Å². The molecule has 194 valence electrons. The van der Waals surface area contributed by atoms with Crippen LogP contribution >= 0.6 is 7.75 Å². The number of nitrogens with zero attached hydrogens (tertiary/aromatic N) is 3. The van der Waals surface area contributed by atoms with Crippen LogP contribution in [0.3, 0.4) is 0 Å². The highest BCUT2D eigenvalue weighted by Gasteiger charge is 2.47. The number of aliphatic hydroxyl groups excluding tert-OH is 1. The summed E-state index contributed by atoms with van der Waals surface area (Å²) in [7, 11) is -4.23. The fourth-order valence-corrected chi connectivity index (χ4v) is 4.89. The number of ether oxygens (including phenoxy) is 2. The SMILES string of the molecule is CC(C)OC(=O)[C@H](C)N[P@](=O)(OC[C@H]1O[C@@H](n2ccc(N)nc2=O)[C@H](C#N)[C@@H]1O)Oc1ccccc1. The second kappa shape index (κ2) is 11.6. The zero-order valence-corrected chi connectivity index (χ0v) is 20.8. The number of nitrogen functional groups attached to an aromatic ring is 1. The van der Waals surface area contributed by atoms with E-state index in [0.717, 1.165) is 4.57 Å². The van der Waals surface area contributed by atoms with Gasteiger partial charge in [0.2, 0.25) is 0 Å². The summed E-state index contributed by atoms with van der Waals surface area (Å²) < 4.78 is 36.6. The molecular formula is C22H28N5O8P. The number of esters is 1. The van der Waals surface area contributed by atoms with Crippen LogP contribution < -0.4 is 21.0 Å². The van der Waals surface area contributed by atoms with Crippen LogP contribution in [0.2, 0.25) is 0 Å². The van der Waals surface area contributed by atoms with Crippen molar-refractivity contribution in [3.8, 4) is 11.8 Å². The molecular weight excluding hydrogens is 493 g/mol. The number of hydrogen-bond donors (Lipinski definition) is 3. The molecule has 2 aromatic rings. The van der Waals surface area contributed by atoms with E-state index < -0.39 is 62.5 Å². The van der Waals surface area contributed by atoms with Crippen molar-refractivity contribution in [1.82, 2.24) is 14.6 Å². The minimum Gasteiger partial charge on any atom is -0.462 e. The van der Waals surface area contributed by atoms with E-state index >= 15 is 0 Å². The van der Waals surface area contributed by atoms with Gasteiger partial charge in [-0.05, 0) is 39.0 Å². The van der Waals surface area contributed by atoms with Gasteiger partial charge in [-0.3, -0.25) is 13.9 Å². The second-order valence-electron chi connectivity index (χ2n) is 8.29. The van der Waals surface area contributed by atoms with Crippen LogP contribution in [0.5, 0.6) is 5.75 Å². The van der Waals surface area contributed by atoms with Gasteiger partial charge >= 0.3 is 19.4 Å². The van der Waals surface area contributed by atoms with E-state index in [1.165, 1.54) is 31.3 Å². The number of nitriles is 1. The molecule has 1 saturated heterocycles. The standard InChI is InChI=1S/C22H28N5O8P/c1-13(2)33-21(29)14(3)26-36(31,35-15-7-5-4-6-8-15)32-12-17-19(28)16(11-23)20(34-17)27-10-9-18(24)25-22(27)30/h4-10,13-14,16-17,19-20,28H,12H2,1-3H3,(H,26,31)(H2,24,25,30)/t14-,16+,17+,19-,20+,36-/m0/s1. The number of carbonyl (C=O) groups is 1. The van der Waals surface area contributed by atoms with Crippen LogP contribution in [0.4, 0.5) is 5.82 Å². The lowest BCUT2D eigenvalue weighted by molar-refractivity contribution is -0.149. The molecule has 1 fully saturated rings. The average Bonchev–Trinajstić information content (AvgIpc) is 3.12. The van der Waals surface area contributed by atoms with Crippen molar-refractivity contribution in [2.45, 2.75) is 51.4 Å². The quantitative estimate of drug-likeness (QED) is 0.301. The van der Waals surface area contributed by atoms with E-state index in [4.69, 9.17) is 24.3 Å². The highest BCUT2D eigenvalue weighted by molar-refractivity contribution is 7.52. The van der Waals surface area contributed by atoms with Crippen molar-refractivity contribution in [2.24, 2.45) is 5.92 Å². The molecule has 1 aliphatic heterocycles. The number of carbonyl (C=O) groups excluding carboxylic acids is 1. The molecule has 0 bridgehead atoms. The molecule has 0 saturated carbocycles. The number of benzene rings is 1. The van der Waals surface area contributed by atoms with Crippen molar-refractivity contribution in [1.29, 1.82) is 5.26 Å². The Morgan fingerprint density at radius 2 is 2.03 bits per heavy atom. The van der Waals surface area contributed by atoms with Gasteiger partial charge in [-0.2, -0.15) is 15.3 Å². The molecule has 0 amide bonds. The predicted molar refractivity (Wildman–Crippen MR) is 126 cm³/mol. The normalized spacial score (nSPS) is 24.0. The van der Waals surface area contributed by atoms with E-state index in [2.05, 4.69) is 10.1 Å². The summed E-state index contributed by atoms with van der Waals surface area (Å²) in [5.41, 5.74) is 4.74. The van der Waals surface area contributed by atoms with Gasteiger partial charge in [0.25, 0.3) is 0 Å². The van der Waals surface area contributed by atoms with Gasteiger partial charge in [-0.15, -0.1) is 0 Å². The minimum absolute atomic E-state index is 0.0154. The Morgan fingerprint density at radius 3 is 2.64 bits per heavy atom. The smallest absolute Gasteiger partial charge is 0.459 e. The van der Waals surface area contributed by atoms with E-state index in [9.17, 15) is 24.5 Å². The summed E-state index contributed by atoms with van der Waals surface area (Å²) in [6.07, 6.45) is -2.87. The number of anilines is 1. The van der Waals surface area contributed by atoms with Crippen LogP contribution in [0.25, 0.3) is 0 Å². The number of aromatic nitrogens is 2. The zero-order valence-electron chi connectivity index (χ0n) is 19.9. The molecule has 2 heterocycles. The van der Waals surface area contributed by atoms with Crippen LogP contribution in [-0.2, 0) is 23.4 Å². The molecule has 3 rings (SSSR count). The first-order valence-corrected chi connectivity index (χ1v) is 12.6. The van der Waals surface area contributed by atoms with Crippen molar-refractivity contribution in [3.05, 3.63) is 53.1 Å². The van der Waals surface area contributed by atoms with Gasteiger partial charge in [0.1, 0.15) is 35.7 Å². The largest absolute Gasteiger partial charge is 0.462 e. The fraction of sp³-hybridized carbons (Fsp3) is 0.455. The third-order valence-electron chi connectivity index (χ3n) is 5.08. The molecule has 0 spiro atoms. The first-order chi connectivity index (χ1) is 17.0. The summed E-state index contributed by atoms with van der Waals surface area (Å²) in [5, 5.41) is 22.8. The maximum absolute atomic E-state index is 13.6. The third kappa shape index (κ3) is 6.69. The molecule has 1 aromatic carbocycles. The lowest BCUT2D eigenvalue weighted by Gasteiger charge is -2.25. The monoisotopic (exact) mass is 521 g/mol. The molecule has 1 aromatic heterocycles. The Morgan fingerprint density at radius 1 is 1.33 bits per heavy atom. The van der Waals surface area contributed by atoms with Gasteiger partial charge < -0.3 is 24.8 Å². The maximum atomic E-state index is 13.6. The van der Waals surface area contributed by atoms with E-state index in [1.54, 1.807) is 32.0 Å². The van der Waals surface area contributed by atoms with Gasteiger partial charge in [0.15, 0.2) is 6.23 Å². The minimum atomic E-state index is -4.23. The molecule has 4 N–H and O–H groups in total. The summed E-state index contributed by atoms with van der Waals surface area (Å²) in [6.45, 7) is 4.27. The average molecular weight is 521 g/mol. The highest BCUT2D eigenvalue weighted by atomic mass is 31.2. The Hall–Kier alpha value is -3.27. The number of nitrogens with one attached hydrogen (secondary N) is 1. The molecule has 14 heteroatoms. The topological polar surface area (TPSA) is 188 Å². The first kappa shape index (κ1) is 27.3. The predicted octanol–water partition coefficient (Wildman–Crippen LogP) is 1.36. The Bertz CT molecular complexity index is 1200. The molecule has 0 unspecified atom stereocenters. The van der Waals surface area contributed by atoms with Crippen LogP contribution in [-0.4, -0.2) is 51.6 Å². The number of para-hydroxylation sites is 1. The third-order valence-corrected chi connectivity index (χ3v) is 6.72. The van der Waals surface area contributed by atoms with Gasteiger partial charge in [-0.1, -0.05) is 18.2 Å². The van der Waals surface area contributed by atoms with Crippen LogP contribution in [0.1, 0.15) is 27.0 Å². The summed E-state index contributed by atoms with van der Waals surface area (Å²) in [5.74, 6) is -1.66. The number of rotatable bonds is 10. The Kier molecular flexibility index (Phi) is 8.84. The summed E-state index contributed by atoms with van der Waals surface area (Å²) >= 11 is 0. The second-order valence-corrected chi connectivity index (χ2v) is 9.98. The van der Waals surface area contributed by atoms with Crippen LogP contribution in [0.15, 0.2) is 47.4 Å². The molecule has 0 radical (unpaired) electrons. The van der Waals surface area contributed by atoms with E-state index in [0.29, 0.717) is 0 Å². The van der Waals surface area contributed by atoms with Crippen molar-refractivity contribution < 1.29 is 33.0 Å². The molecule has 0 aliphatic carbocycles. The van der Waals surface area contributed by atoms with E-state index in [-0.39, 0.29) is 11.6 Å². The summed E-state index contributed by atoms with van der Waals surface area (Å²) in [4.78, 5) is 28.1. The number of nitrogens with two attached hydrogens (primary N) is 1. The lowest BCUT2D eigenvalue weighted by Crippen LogP contribution is -2.37. The number of hydrogen-bond acceptors (Lipinski definition) is 11. The fourth-order valence-electron chi connectivity index (χ4n) is 3.39. The Labute approximate surface area is 207 Å². The van der Waals surface area contributed by atoms with Gasteiger partial charge in [0.05, 0.1) is 18.8 Å². The van der Waals surface area contributed by atoms with E-state index in [1.807, 2.05) is 6.07 Å². The zero-order chi connectivity index (χ0) is 26.5. The van der Waals surface area contributed by atoms with Crippen molar-refractivity contribution in [3.63, 3.8) is 0 Å². The van der Waals surface area contributed by atoms with Gasteiger partial charge in [0, 0.05) is 6.20 Å². The maximum Gasteiger partial charge on any atom is 0.459 e. The molecule has 1 aliphatic rings. The molecule has 36 heavy (non-hydrogen) atoms. The van der Waals surface area contributed by atoms with Gasteiger partial charge in [-0.25, -0.2) is 9.36 Å². The first-order valence-electron chi connectivity index (χ1n) is 11.1. The summed E-state index contributed by atoms with van der Waals surface area (Å²) in [6, 6.07) is 10.3. The number of aliphatic hydroxyl groups is 1. The molecule has 6 atom stereocenters. The lowest BCUT2D eigenvalue weighted by atomic mass is 10.0. The highest BCUT2D eigenvalue weighted by Crippen LogP contribution is 2.46. The molecule has 13 nitrogen and oxygen atoms in total.